The van der Waals surface area contributed by atoms with Gasteiger partial charge in [0.15, 0.2) is 5.65 Å². The number of carbonyl (C=O) groups is 1. The van der Waals surface area contributed by atoms with Crippen molar-refractivity contribution in [2.24, 2.45) is 5.92 Å². The molecule has 0 aliphatic carbocycles. The van der Waals surface area contributed by atoms with E-state index >= 15 is 0 Å². The number of benzene rings is 1. The summed E-state index contributed by atoms with van der Waals surface area (Å²) in [5, 5.41) is 4.30. The maximum Gasteiger partial charge on any atom is 0.257 e. The second-order valence-electron chi connectivity index (χ2n) is 7.50. The monoisotopic (exact) mass is 438 g/mol. The first kappa shape index (κ1) is 18.9. The number of nitrogens with one attached hydrogen (secondary N) is 1. The first-order valence-electron chi connectivity index (χ1n) is 9.59. The lowest BCUT2D eigenvalue weighted by molar-refractivity contribution is 0.0684. The summed E-state index contributed by atoms with van der Waals surface area (Å²) in [7, 11) is 0. The number of halogens is 1. The van der Waals surface area contributed by atoms with Gasteiger partial charge in [-0.2, -0.15) is 0 Å². The van der Waals surface area contributed by atoms with Crippen molar-refractivity contribution in [1.82, 2.24) is 14.9 Å². The Morgan fingerprint density at radius 1 is 1.29 bits per heavy atom. The van der Waals surface area contributed by atoms with Gasteiger partial charge >= 0.3 is 0 Å². The van der Waals surface area contributed by atoms with Crippen LogP contribution in [0.15, 0.2) is 47.1 Å². The normalized spacial score (nSPS) is 17.0. The van der Waals surface area contributed by atoms with E-state index < -0.39 is 0 Å². The van der Waals surface area contributed by atoms with Gasteiger partial charge in [0.05, 0.1) is 11.3 Å². The molecule has 3 aromatic rings. The molecule has 6 heteroatoms. The summed E-state index contributed by atoms with van der Waals surface area (Å²) >= 11 is 3.51. The van der Waals surface area contributed by atoms with E-state index in [4.69, 9.17) is 0 Å². The third-order valence-electron chi connectivity index (χ3n) is 5.14. The first-order valence-corrected chi connectivity index (χ1v) is 10.4. The van der Waals surface area contributed by atoms with Crippen LogP contribution in [-0.2, 0) is 0 Å². The van der Waals surface area contributed by atoms with Gasteiger partial charge in [-0.25, -0.2) is 9.97 Å². The van der Waals surface area contributed by atoms with E-state index in [1.807, 2.05) is 48.2 Å². The van der Waals surface area contributed by atoms with Crippen molar-refractivity contribution in [3.63, 3.8) is 0 Å². The highest BCUT2D eigenvalue weighted by molar-refractivity contribution is 9.10. The molecule has 0 saturated carbocycles. The fourth-order valence-corrected chi connectivity index (χ4v) is 4.12. The number of aromatic nitrogens is 2. The van der Waals surface area contributed by atoms with E-state index in [1.165, 1.54) is 6.42 Å². The number of pyridine rings is 2. The van der Waals surface area contributed by atoms with Crippen LogP contribution >= 0.6 is 15.9 Å². The quantitative estimate of drug-likeness (QED) is 0.601. The minimum atomic E-state index is 0.0269. The predicted octanol–water partition coefficient (Wildman–Crippen LogP) is 5.32. The topological polar surface area (TPSA) is 58.1 Å². The van der Waals surface area contributed by atoms with Gasteiger partial charge in [-0.1, -0.05) is 28.9 Å². The highest BCUT2D eigenvalue weighted by Crippen LogP contribution is 2.31. The Labute approximate surface area is 173 Å². The van der Waals surface area contributed by atoms with Gasteiger partial charge in [0, 0.05) is 40.5 Å². The summed E-state index contributed by atoms with van der Waals surface area (Å²) in [6, 6.07) is 11.9. The minimum Gasteiger partial charge on any atom is -0.354 e. The van der Waals surface area contributed by atoms with Crippen molar-refractivity contribution < 1.29 is 4.79 Å². The summed E-state index contributed by atoms with van der Waals surface area (Å²) in [5.74, 6) is 0.552. The van der Waals surface area contributed by atoms with Crippen LogP contribution in [0.3, 0.4) is 0 Å². The van der Waals surface area contributed by atoms with E-state index in [1.54, 1.807) is 6.20 Å². The van der Waals surface area contributed by atoms with E-state index in [2.05, 4.69) is 38.1 Å². The Morgan fingerprint density at radius 2 is 2.14 bits per heavy atom. The number of likely N-dealkylation sites (tertiary alicyclic amines) is 1. The third-order valence-corrected chi connectivity index (χ3v) is 5.63. The van der Waals surface area contributed by atoms with E-state index in [0.717, 1.165) is 46.4 Å². The largest absolute Gasteiger partial charge is 0.354 e. The Balaban J connectivity index is 1.80. The van der Waals surface area contributed by atoms with Crippen LogP contribution in [-0.4, -0.2) is 33.9 Å². The highest BCUT2D eigenvalue weighted by atomic mass is 79.9. The molecular formula is C22H23BrN4O. The van der Waals surface area contributed by atoms with Gasteiger partial charge < -0.3 is 10.2 Å². The van der Waals surface area contributed by atoms with Gasteiger partial charge in [0.2, 0.25) is 0 Å². The molecule has 4 rings (SSSR count). The number of carbonyl (C=O) groups excluding carboxylic acids is 1. The minimum absolute atomic E-state index is 0.0269. The number of piperidine rings is 1. The van der Waals surface area contributed by atoms with Crippen LogP contribution in [0.2, 0.25) is 0 Å². The molecule has 2 aromatic heterocycles. The third kappa shape index (κ3) is 3.87. The van der Waals surface area contributed by atoms with Gasteiger partial charge in [-0.05, 0) is 56.0 Å². The molecule has 1 unspecified atom stereocenters. The zero-order valence-electron chi connectivity index (χ0n) is 16.1. The molecule has 1 aromatic carbocycles. The average molecular weight is 439 g/mol. The molecular weight excluding hydrogens is 416 g/mol. The molecule has 1 atom stereocenters. The average Bonchev–Trinajstić information content (AvgIpc) is 2.67. The van der Waals surface area contributed by atoms with E-state index in [9.17, 15) is 4.79 Å². The number of anilines is 2. The summed E-state index contributed by atoms with van der Waals surface area (Å²) in [5.41, 5.74) is 3.80. The lowest BCUT2D eigenvalue weighted by Crippen LogP contribution is -2.39. The second kappa shape index (κ2) is 7.87. The molecule has 3 heterocycles. The number of hydrogen-bond acceptors (Lipinski definition) is 4. The zero-order valence-corrected chi connectivity index (χ0v) is 17.7. The number of rotatable bonds is 3. The van der Waals surface area contributed by atoms with Crippen molar-refractivity contribution in [3.05, 3.63) is 58.3 Å². The van der Waals surface area contributed by atoms with Crippen molar-refractivity contribution >= 4 is 44.2 Å². The molecule has 5 nitrogen and oxygen atoms in total. The van der Waals surface area contributed by atoms with E-state index in [-0.39, 0.29) is 5.91 Å². The molecule has 28 heavy (non-hydrogen) atoms. The predicted molar refractivity (Wildman–Crippen MR) is 116 cm³/mol. The summed E-state index contributed by atoms with van der Waals surface area (Å²) in [4.78, 5) is 24.3. The van der Waals surface area contributed by atoms with Gasteiger partial charge in [0.25, 0.3) is 5.91 Å². The number of fused-ring (bicyclic) bond motifs is 1. The maximum atomic E-state index is 13.4. The van der Waals surface area contributed by atoms with Crippen LogP contribution in [0.4, 0.5) is 11.4 Å². The van der Waals surface area contributed by atoms with Crippen molar-refractivity contribution in [3.8, 4) is 0 Å². The summed E-state index contributed by atoms with van der Waals surface area (Å²) in [6.45, 7) is 5.73. The molecule has 0 radical (unpaired) electrons. The van der Waals surface area contributed by atoms with Gasteiger partial charge in [-0.15, -0.1) is 0 Å². The van der Waals surface area contributed by atoms with Crippen LogP contribution in [0.25, 0.3) is 11.0 Å². The molecule has 0 spiro atoms. The molecule has 0 bridgehead atoms. The number of nitrogens with zero attached hydrogens (tertiary/aromatic N) is 3. The lowest BCUT2D eigenvalue weighted by Gasteiger charge is -2.31. The maximum absolute atomic E-state index is 13.4. The number of amides is 1. The van der Waals surface area contributed by atoms with Crippen molar-refractivity contribution in [2.75, 3.05) is 18.4 Å². The molecule has 1 aliphatic rings. The van der Waals surface area contributed by atoms with Gasteiger partial charge in [-0.3, -0.25) is 4.79 Å². The zero-order chi connectivity index (χ0) is 19.7. The SMILES string of the molecule is Cc1ccc2c(Nc3cccc(Br)c3)c(C(=O)N3CCCC(C)C3)cnc2n1. The van der Waals surface area contributed by atoms with Crippen molar-refractivity contribution in [1.29, 1.82) is 0 Å². The number of hydrogen-bond donors (Lipinski definition) is 1. The van der Waals surface area contributed by atoms with Crippen LogP contribution in [0, 0.1) is 12.8 Å². The van der Waals surface area contributed by atoms with E-state index in [0.29, 0.717) is 17.1 Å². The van der Waals surface area contributed by atoms with Gasteiger partial charge in [0.1, 0.15) is 0 Å². The van der Waals surface area contributed by atoms with Crippen LogP contribution in [0.1, 0.15) is 35.8 Å². The molecule has 1 saturated heterocycles. The standard InChI is InChI=1S/C22H23BrN4O/c1-14-5-4-10-27(13-14)22(28)19-12-24-21-18(9-8-15(2)25-21)20(19)26-17-7-3-6-16(23)11-17/h3,6-9,11-12,14H,4-5,10,13H2,1-2H3,(H,24,25,26). The number of aryl methyl sites for hydroxylation is 1. The fraction of sp³-hybridized carbons (Fsp3) is 0.318. The fourth-order valence-electron chi connectivity index (χ4n) is 3.72. The molecule has 1 amide bonds. The van der Waals surface area contributed by atoms with Crippen LogP contribution in [0.5, 0.6) is 0 Å². The highest BCUT2D eigenvalue weighted by Gasteiger charge is 2.25. The summed E-state index contributed by atoms with van der Waals surface area (Å²) < 4.78 is 0.975. The van der Waals surface area contributed by atoms with Crippen LogP contribution < -0.4 is 5.32 Å². The molecule has 1 fully saturated rings. The second-order valence-corrected chi connectivity index (χ2v) is 8.42. The smallest absolute Gasteiger partial charge is 0.257 e. The lowest BCUT2D eigenvalue weighted by atomic mass is 9.99. The first-order chi connectivity index (χ1) is 13.5. The molecule has 1 aliphatic heterocycles. The Kier molecular flexibility index (Phi) is 5.31. The van der Waals surface area contributed by atoms with Crippen molar-refractivity contribution in [2.45, 2.75) is 26.7 Å². The Hall–Kier alpha value is -2.47. The molecule has 1 N–H and O–H groups in total. The Morgan fingerprint density at radius 3 is 2.93 bits per heavy atom. The Bertz CT molecular complexity index is 1040. The molecule has 144 valence electrons. The summed E-state index contributed by atoms with van der Waals surface area (Å²) in [6.07, 6.45) is 3.88.